The van der Waals surface area contributed by atoms with Crippen LogP contribution in [0.5, 0.6) is 0 Å². The summed E-state index contributed by atoms with van der Waals surface area (Å²) < 4.78 is 40.7. The van der Waals surface area contributed by atoms with Gasteiger partial charge in [0.25, 0.3) is 0 Å². The van der Waals surface area contributed by atoms with E-state index < -0.39 is 27.3 Å². The van der Waals surface area contributed by atoms with Gasteiger partial charge in [0.05, 0.1) is 6.61 Å². The molecule has 0 radical (unpaired) electrons. The van der Waals surface area contributed by atoms with E-state index in [2.05, 4.69) is 0 Å². The van der Waals surface area contributed by atoms with Crippen molar-refractivity contribution in [1.82, 2.24) is 4.31 Å². The zero-order chi connectivity index (χ0) is 15.8. The Bertz CT molecular complexity index is 633. The molecule has 0 spiro atoms. The molecule has 1 atom stereocenters. The van der Waals surface area contributed by atoms with E-state index in [1.165, 1.54) is 10.4 Å². The summed E-state index contributed by atoms with van der Waals surface area (Å²) in [5.41, 5.74) is -0.110. The van der Waals surface area contributed by atoms with Crippen LogP contribution < -0.4 is 0 Å². The van der Waals surface area contributed by atoms with Crippen LogP contribution in [0.15, 0.2) is 17.0 Å². The fourth-order valence-corrected chi connectivity index (χ4v) is 4.53. The number of nitrogens with zero attached hydrogens (tertiary/aromatic N) is 1. The number of aliphatic hydroxyl groups is 1. The average Bonchev–Trinajstić information content (AvgIpc) is 2.91. The quantitative estimate of drug-likeness (QED) is 0.920. The molecule has 1 saturated heterocycles. The largest absolute Gasteiger partial charge is 0.392 e. The molecular formula is C14H19ClFNO3S. The maximum atomic E-state index is 14.2. The molecule has 0 saturated carbocycles. The molecule has 118 valence electrons. The minimum absolute atomic E-state index is 0.0960. The van der Waals surface area contributed by atoms with Crippen molar-refractivity contribution >= 4 is 21.6 Å². The first-order valence-electron chi connectivity index (χ1n) is 6.86. The highest BCUT2D eigenvalue weighted by molar-refractivity contribution is 7.89. The van der Waals surface area contributed by atoms with Crippen LogP contribution in [0.25, 0.3) is 0 Å². The Balaban J connectivity index is 2.39. The highest BCUT2D eigenvalue weighted by Gasteiger charge is 2.35. The summed E-state index contributed by atoms with van der Waals surface area (Å²) in [6, 6.07) is 2.34. The standard InChI is InChI=1S/C14H19ClFNO3S/c1-9(2)10-3-4-17(7-10)21(19,20)13-6-12(15)5-11(8-18)14(13)16/h5-6,9-10,18H,3-4,7-8H2,1-2H3. The normalized spacial score (nSPS) is 20.4. The second-order valence-corrected chi connectivity index (χ2v) is 8.03. The predicted octanol–water partition coefficient (Wildman–Crippen LogP) is 2.64. The third kappa shape index (κ3) is 3.23. The van der Waals surface area contributed by atoms with Crippen LogP contribution >= 0.6 is 11.6 Å². The SMILES string of the molecule is CC(C)C1CCN(S(=O)(=O)c2cc(Cl)cc(CO)c2F)C1. The maximum Gasteiger partial charge on any atom is 0.246 e. The van der Waals surface area contributed by atoms with E-state index in [1.807, 2.05) is 13.8 Å². The van der Waals surface area contributed by atoms with Crippen molar-refractivity contribution in [3.05, 3.63) is 28.5 Å². The second-order valence-electron chi connectivity index (χ2n) is 5.69. The van der Waals surface area contributed by atoms with Crippen molar-refractivity contribution in [3.63, 3.8) is 0 Å². The number of hydrogen-bond acceptors (Lipinski definition) is 3. The van der Waals surface area contributed by atoms with E-state index in [-0.39, 0.29) is 16.5 Å². The summed E-state index contributed by atoms with van der Waals surface area (Å²) in [5, 5.41) is 9.20. The molecule has 0 aliphatic carbocycles. The first-order valence-corrected chi connectivity index (χ1v) is 8.68. The summed E-state index contributed by atoms with van der Waals surface area (Å²) in [5.74, 6) is -0.267. The minimum Gasteiger partial charge on any atom is -0.392 e. The molecule has 0 aromatic heterocycles. The van der Waals surface area contributed by atoms with Gasteiger partial charge in [0.15, 0.2) is 0 Å². The summed E-state index contributed by atoms with van der Waals surface area (Å²) >= 11 is 5.83. The molecule has 1 unspecified atom stereocenters. The molecule has 1 aliphatic rings. The maximum absolute atomic E-state index is 14.2. The Labute approximate surface area is 129 Å². The van der Waals surface area contributed by atoms with Crippen molar-refractivity contribution in [3.8, 4) is 0 Å². The van der Waals surface area contributed by atoms with Gasteiger partial charge in [-0.3, -0.25) is 0 Å². The number of halogens is 2. The van der Waals surface area contributed by atoms with Crippen molar-refractivity contribution in [2.75, 3.05) is 13.1 Å². The lowest BCUT2D eigenvalue weighted by atomic mass is 9.96. The molecule has 2 rings (SSSR count). The van der Waals surface area contributed by atoms with Gasteiger partial charge in [-0.15, -0.1) is 0 Å². The molecule has 1 aliphatic heterocycles. The van der Waals surface area contributed by atoms with E-state index in [1.54, 1.807) is 0 Å². The molecule has 1 heterocycles. The molecule has 1 aromatic carbocycles. The first kappa shape index (κ1) is 16.7. The zero-order valence-electron chi connectivity index (χ0n) is 12.0. The smallest absolute Gasteiger partial charge is 0.246 e. The number of sulfonamides is 1. The highest BCUT2D eigenvalue weighted by Crippen LogP contribution is 2.31. The van der Waals surface area contributed by atoms with E-state index in [4.69, 9.17) is 16.7 Å². The van der Waals surface area contributed by atoms with Crippen LogP contribution in [0.3, 0.4) is 0 Å². The van der Waals surface area contributed by atoms with Gasteiger partial charge in [-0.05, 0) is 30.4 Å². The number of benzene rings is 1. The lowest BCUT2D eigenvalue weighted by Gasteiger charge is -2.19. The highest BCUT2D eigenvalue weighted by atomic mass is 35.5. The molecule has 0 bridgehead atoms. The zero-order valence-corrected chi connectivity index (χ0v) is 13.6. The minimum atomic E-state index is -3.93. The second kappa shape index (κ2) is 6.20. The molecule has 1 fully saturated rings. The van der Waals surface area contributed by atoms with Crippen molar-refractivity contribution < 1.29 is 17.9 Å². The van der Waals surface area contributed by atoms with E-state index in [0.717, 1.165) is 12.5 Å². The monoisotopic (exact) mass is 335 g/mol. The Morgan fingerprint density at radius 1 is 1.48 bits per heavy atom. The predicted molar refractivity (Wildman–Crippen MR) is 79.0 cm³/mol. The lowest BCUT2D eigenvalue weighted by molar-refractivity contribution is 0.274. The first-order chi connectivity index (χ1) is 9.77. The molecule has 0 amide bonds. The molecule has 7 heteroatoms. The van der Waals surface area contributed by atoms with Gasteiger partial charge >= 0.3 is 0 Å². The lowest BCUT2D eigenvalue weighted by Crippen LogP contribution is -2.30. The van der Waals surface area contributed by atoms with Crippen LogP contribution in [-0.2, 0) is 16.6 Å². The van der Waals surface area contributed by atoms with Crippen LogP contribution in [0.1, 0.15) is 25.8 Å². The Morgan fingerprint density at radius 2 is 2.14 bits per heavy atom. The fourth-order valence-electron chi connectivity index (χ4n) is 2.58. The summed E-state index contributed by atoms with van der Waals surface area (Å²) in [6.45, 7) is 4.27. The molecule has 4 nitrogen and oxygen atoms in total. The molecule has 1 aromatic rings. The van der Waals surface area contributed by atoms with Gasteiger partial charge in [-0.1, -0.05) is 25.4 Å². The van der Waals surface area contributed by atoms with Gasteiger partial charge in [0.2, 0.25) is 10.0 Å². The molecule has 1 N–H and O–H groups in total. The van der Waals surface area contributed by atoms with Crippen molar-refractivity contribution in [1.29, 1.82) is 0 Å². The number of rotatable bonds is 4. The summed E-state index contributed by atoms with van der Waals surface area (Å²) in [7, 11) is -3.93. The van der Waals surface area contributed by atoms with Crippen LogP contribution in [0.4, 0.5) is 4.39 Å². The van der Waals surface area contributed by atoms with Crippen LogP contribution in [0, 0.1) is 17.7 Å². The van der Waals surface area contributed by atoms with Gasteiger partial charge in [0.1, 0.15) is 10.7 Å². The molecular weight excluding hydrogens is 317 g/mol. The Kier molecular flexibility index (Phi) is 4.92. The van der Waals surface area contributed by atoms with Crippen molar-refractivity contribution in [2.45, 2.75) is 31.8 Å². The average molecular weight is 336 g/mol. The van der Waals surface area contributed by atoms with Gasteiger partial charge < -0.3 is 5.11 Å². The van der Waals surface area contributed by atoms with Gasteiger partial charge in [0, 0.05) is 23.7 Å². The summed E-state index contributed by atoms with van der Waals surface area (Å²) in [6.07, 6.45) is 0.770. The van der Waals surface area contributed by atoms with Gasteiger partial charge in [-0.25, -0.2) is 12.8 Å². The van der Waals surface area contributed by atoms with E-state index in [0.29, 0.717) is 19.0 Å². The third-order valence-corrected chi connectivity index (χ3v) is 6.08. The molecule has 21 heavy (non-hydrogen) atoms. The van der Waals surface area contributed by atoms with Crippen LogP contribution in [-0.4, -0.2) is 30.9 Å². The number of aliphatic hydroxyl groups excluding tert-OH is 1. The van der Waals surface area contributed by atoms with Crippen molar-refractivity contribution in [2.24, 2.45) is 11.8 Å². The van der Waals surface area contributed by atoms with E-state index >= 15 is 0 Å². The number of hydrogen-bond donors (Lipinski definition) is 1. The fraction of sp³-hybridized carbons (Fsp3) is 0.571. The Hall–Kier alpha value is -0.690. The topological polar surface area (TPSA) is 57.6 Å². The van der Waals surface area contributed by atoms with Gasteiger partial charge in [-0.2, -0.15) is 4.31 Å². The Morgan fingerprint density at radius 3 is 2.67 bits per heavy atom. The van der Waals surface area contributed by atoms with E-state index in [9.17, 15) is 12.8 Å². The third-order valence-electron chi connectivity index (χ3n) is 4.00. The summed E-state index contributed by atoms with van der Waals surface area (Å²) in [4.78, 5) is -0.455. The van der Waals surface area contributed by atoms with Crippen LogP contribution in [0.2, 0.25) is 5.02 Å².